The number of hydrogen-bond donors (Lipinski definition) is 0. The molecule has 0 aliphatic rings. The summed E-state index contributed by atoms with van der Waals surface area (Å²) in [4.78, 5) is 0. The quantitative estimate of drug-likeness (QED) is 0.388. The van der Waals surface area contributed by atoms with Gasteiger partial charge in [-0.25, -0.2) is 0 Å². The Morgan fingerprint density at radius 3 is 0.400 bits per heavy atom. The van der Waals surface area contributed by atoms with Crippen LogP contribution in [0.4, 0.5) is 0 Å². The molecule has 0 aliphatic carbocycles. The van der Waals surface area contributed by atoms with Crippen molar-refractivity contribution in [2.45, 2.75) is 0 Å². The molecule has 0 N–H and O–H groups in total. The molecule has 0 bridgehead atoms. The first-order valence-electron chi connectivity index (χ1n) is 1.63. The average molecular weight is 220 g/mol. The molecule has 0 rings (SSSR count). The number of rotatable bonds is 0. The molecule has 0 unspecified atom stereocenters. The van der Waals surface area contributed by atoms with Crippen molar-refractivity contribution in [3.63, 3.8) is 0 Å². The summed E-state index contributed by atoms with van der Waals surface area (Å²) < 4.78 is 0. The summed E-state index contributed by atoms with van der Waals surface area (Å²) in [5.74, 6) is 0. The minimum absolute atomic E-state index is 0. The second-order valence-corrected chi connectivity index (χ2v) is 0. The van der Waals surface area contributed by atoms with E-state index in [-0.39, 0.29) is 43.4 Å². The Morgan fingerprint density at radius 1 is 0.400 bits per heavy atom. The SMILES string of the molecule is C[O-].C[O-].C[O-].C[O-].[Ti+2].[Ti+2]. The van der Waals surface area contributed by atoms with Crippen LogP contribution in [-0.4, -0.2) is 28.4 Å². The predicted octanol–water partition coefficient (Wildman–Crippen LogP) is -4.10. The van der Waals surface area contributed by atoms with E-state index in [1.807, 2.05) is 0 Å². The summed E-state index contributed by atoms with van der Waals surface area (Å²) in [6.07, 6.45) is 0. The Labute approximate surface area is 92.0 Å². The van der Waals surface area contributed by atoms with Gasteiger partial charge in [0.05, 0.1) is 0 Å². The Kier molecular flexibility index (Phi) is 2350. The summed E-state index contributed by atoms with van der Waals surface area (Å²) in [5.41, 5.74) is 0. The van der Waals surface area contributed by atoms with Crippen LogP contribution in [-0.2, 0) is 43.4 Å². The maximum atomic E-state index is 8.25. The molecule has 0 radical (unpaired) electrons. The normalized spacial score (nSPS) is 2.40. The van der Waals surface area contributed by atoms with Crippen LogP contribution in [0.1, 0.15) is 0 Å². The molecule has 0 saturated carbocycles. The van der Waals surface area contributed by atoms with E-state index in [1.165, 1.54) is 0 Å². The maximum absolute atomic E-state index is 8.25. The Balaban J connectivity index is -0.00000000500. The van der Waals surface area contributed by atoms with E-state index in [1.54, 1.807) is 0 Å². The van der Waals surface area contributed by atoms with Gasteiger partial charge in [-0.3, -0.25) is 0 Å². The molecule has 60 valence electrons. The van der Waals surface area contributed by atoms with Gasteiger partial charge in [-0.15, -0.1) is 0 Å². The van der Waals surface area contributed by atoms with Crippen molar-refractivity contribution < 1.29 is 63.9 Å². The van der Waals surface area contributed by atoms with Crippen molar-refractivity contribution in [2.75, 3.05) is 28.4 Å². The molecular formula is C4H12O4Ti2. The third-order valence-electron chi connectivity index (χ3n) is 0. The van der Waals surface area contributed by atoms with Crippen molar-refractivity contribution >= 4 is 0 Å². The molecule has 0 aromatic rings. The van der Waals surface area contributed by atoms with E-state index in [0.717, 1.165) is 28.4 Å². The first-order chi connectivity index (χ1) is 4.00. The second kappa shape index (κ2) is 548. The van der Waals surface area contributed by atoms with Gasteiger partial charge in [-0.1, -0.05) is 0 Å². The van der Waals surface area contributed by atoms with Crippen LogP contribution in [0.15, 0.2) is 0 Å². The molecule has 0 atom stereocenters. The van der Waals surface area contributed by atoms with E-state index in [0.29, 0.717) is 0 Å². The molecule has 10 heavy (non-hydrogen) atoms. The zero-order chi connectivity index (χ0) is 8.00. The minimum atomic E-state index is 0. The summed E-state index contributed by atoms with van der Waals surface area (Å²) in [5, 5.41) is 33.0. The van der Waals surface area contributed by atoms with Gasteiger partial charge in [-0.2, -0.15) is 28.4 Å². The second-order valence-electron chi connectivity index (χ2n) is 0. The van der Waals surface area contributed by atoms with Crippen molar-refractivity contribution in [1.82, 2.24) is 0 Å². The van der Waals surface area contributed by atoms with Crippen LogP contribution in [0.25, 0.3) is 0 Å². The molecule has 0 saturated heterocycles. The molecule has 0 aromatic carbocycles. The van der Waals surface area contributed by atoms with Crippen LogP contribution in [0.5, 0.6) is 0 Å². The zero-order valence-electron chi connectivity index (χ0n) is 6.63. The fourth-order valence-electron chi connectivity index (χ4n) is 0. The molecule has 0 amide bonds. The largest absolute Gasteiger partial charge is 2.00 e. The Hall–Kier alpha value is 1.27. The molecule has 0 spiro atoms. The van der Waals surface area contributed by atoms with Gasteiger partial charge >= 0.3 is 43.4 Å². The first kappa shape index (κ1) is 42.8. The smallest absolute Gasteiger partial charge is 0.857 e. The molecule has 0 heterocycles. The van der Waals surface area contributed by atoms with E-state index < -0.39 is 0 Å². The standard InChI is InChI=1S/4CH3O.2Ti/c4*1-2;;/h4*1H3;;/q4*-1;2*+2. The van der Waals surface area contributed by atoms with E-state index in [9.17, 15) is 0 Å². The van der Waals surface area contributed by atoms with Crippen LogP contribution in [0.2, 0.25) is 0 Å². The van der Waals surface area contributed by atoms with Crippen LogP contribution in [0, 0.1) is 0 Å². The third kappa shape index (κ3) is 394. The molecule has 0 aromatic heterocycles. The third-order valence-corrected chi connectivity index (χ3v) is 0. The van der Waals surface area contributed by atoms with Crippen LogP contribution in [0.3, 0.4) is 0 Å². The van der Waals surface area contributed by atoms with Gasteiger partial charge in [-0.05, 0) is 0 Å². The van der Waals surface area contributed by atoms with Gasteiger partial charge in [0.25, 0.3) is 0 Å². The molecule has 0 aliphatic heterocycles. The van der Waals surface area contributed by atoms with E-state index in [2.05, 4.69) is 0 Å². The minimum Gasteiger partial charge on any atom is -0.857 e. The Bertz CT molecular complexity index is 15.2. The van der Waals surface area contributed by atoms with Gasteiger partial charge < -0.3 is 20.4 Å². The number of hydrogen-bond acceptors (Lipinski definition) is 4. The fourth-order valence-corrected chi connectivity index (χ4v) is 0. The fraction of sp³-hybridized carbons (Fsp3) is 1.00. The molecule has 0 fully saturated rings. The van der Waals surface area contributed by atoms with Crippen molar-refractivity contribution in [3.05, 3.63) is 0 Å². The van der Waals surface area contributed by atoms with Crippen molar-refractivity contribution in [3.8, 4) is 0 Å². The van der Waals surface area contributed by atoms with Crippen molar-refractivity contribution in [2.24, 2.45) is 0 Å². The summed E-state index contributed by atoms with van der Waals surface area (Å²) in [6, 6.07) is 0. The summed E-state index contributed by atoms with van der Waals surface area (Å²) in [7, 11) is 3.00. The average Bonchev–Trinajstić information content (AvgIpc) is 2.03. The monoisotopic (exact) mass is 220 g/mol. The molecule has 4 nitrogen and oxygen atoms in total. The molecule has 6 heteroatoms. The molecular weight excluding hydrogens is 208 g/mol. The van der Waals surface area contributed by atoms with Gasteiger partial charge in [0, 0.05) is 0 Å². The first-order valence-corrected chi connectivity index (χ1v) is 1.63. The summed E-state index contributed by atoms with van der Waals surface area (Å²) >= 11 is 0. The van der Waals surface area contributed by atoms with Crippen LogP contribution >= 0.6 is 0 Å². The van der Waals surface area contributed by atoms with Crippen molar-refractivity contribution in [1.29, 1.82) is 0 Å². The van der Waals surface area contributed by atoms with Crippen LogP contribution < -0.4 is 20.4 Å². The predicted molar refractivity (Wildman–Crippen MR) is 23.7 cm³/mol. The van der Waals surface area contributed by atoms with Gasteiger partial charge in [0.2, 0.25) is 0 Å². The summed E-state index contributed by atoms with van der Waals surface area (Å²) in [6.45, 7) is 0. The van der Waals surface area contributed by atoms with Gasteiger partial charge in [0.1, 0.15) is 0 Å². The zero-order valence-corrected chi connectivity index (χ0v) is 9.76. The Morgan fingerprint density at radius 2 is 0.400 bits per heavy atom. The van der Waals surface area contributed by atoms with E-state index >= 15 is 0 Å². The maximum Gasteiger partial charge on any atom is 2.00 e. The van der Waals surface area contributed by atoms with E-state index in [4.69, 9.17) is 20.4 Å². The van der Waals surface area contributed by atoms with Gasteiger partial charge in [0.15, 0.2) is 0 Å². The topological polar surface area (TPSA) is 92.2 Å².